The van der Waals surface area contributed by atoms with Crippen LogP contribution in [0.2, 0.25) is 0 Å². The van der Waals surface area contributed by atoms with Gasteiger partial charge < -0.3 is 19.1 Å². The summed E-state index contributed by atoms with van der Waals surface area (Å²) >= 11 is 0. The molecule has 2 aromatic rings. The van der Waals surface area contributed by atoms with E-state index in [0.717, 1.165) is 24.5 Å². The number of rotatable bonds is 10. The van der Waals surface area contributed by atoms with Gasteiger partial charge in [-0.3, -0.25) is 4.90 Å². The number of quaternary nitrogens is 1. The molecule has 5 heteroatoms. The van der Waals surface area contributed by atoms with E-state index in [-0.39, 0.29) is 0 Å². The Balaban J connectivity index is 1.42. The molecule has 1 aliphatic rings. The summed E-state index contributed by atoms with van der Waals surface area (Å²) in [5.74, 6) is 2.13. The van der Waals surface area contributed by atoms with Crippen LogP contribution in [0.15, 0.2) is 42.5 Å². The molecule has 158 valence electrons. The van der Waals surface area contributed by atoms with Gasteiger partial charge in [-0.15, -0.1) is 0 Å². The van der Waals surface area contributed by atoms with Crippen molar-refractivity contribution in [2.24, 2.45) is 0 Å². The third-order valence-electron chi connectivity index (χ3n) is 5.84. The van der Waals surface area contributed by atoms with Crippen LogP contribution in [-0.2, 0) is 12.8 Å². The van der Waals surface area contributed by atoms with Crippen LogP contribution in [0, 0.1) is 0 Å². The van der Waals surface area contributed by atoms with Gasteiger partial charge in [0.15, 0.2) is 11.5 Å². The van der Waals surface area contributed by atoms with Crippen molar-refractivity contribution in [1.29, 1.82) is 0 Å². The van der Waals surface area contributed by atoms with E-state index < -0.39 is 0 Å². The van der Waals surface area contributed by atoms with E-state index in [1.54, 1.807) is 26.2 Å². The quantitative estimate of drug-likeness (QED) is 0.664. The van der Waals surface area contributed by atoms with Gasteiger partial charge in [0, 0.05) is 19.5 Å². The fraction of sp³-hybridized carbons (Fsp3) is 0.500. The van der Waals surface area contributed by atoms with E-state index in [4.69, 9.17) is 14.2 Å². The van der Waals surface area contributed by atoms with Crippen molar-refractivity contribution in [3.63, 3.8) is 0 Å². The van der Waals surface area contributed by atoms with Crippen LogP contribution in [0.25, 0.3) is 0 Å². The SMILES string of the molecule is COc1cc(CC[NH+]2CCN(CCCc3ccccc3)CC2)cc(OC)c1OC. The minimum absolute atomic E-state index is 0.662. The van der Waals surface area contributed by atoms with Gasteiger partial charge in [-0.2, -0.15) is 0 Å². The van der Waals surface area contributed by atoms with Crippen LogP contribution < -0.4 is 19.1 Å². The lowest BCUT2D eigenvalue weighted by atomic mass is 10.1. The summed E-state index contributed by atoms with van der Waals surface area (Å²) < 4.78 is 16.4. The number of nitrogens with one attached hydrogen (secondary N) is 1. The summed E-state index contributed by atoms with van der Waals surface area (Å²) in [6.07, 6.45) is 3.43. The molecule has 1 heterocycles. The first-order valence-electron chi connectivity index (χ1n) is 10.6. The van der Waals surface area contributed by atoms with Gasteiger partial charge >= 0.3 is 0 Å². The van der Waals surface area contributed by atoms with Crippen LogP contribution in [0.3, 0.4) is 0 Å². The Kier molecular flexibility index (Phi) is 8.20. The number of nitrogens with zero attached hydrogens (tertiary/aromatic N) is 1. The Hall–Kier alpha value is -2.24. The molecule has 1 fully saturated rings. The van der Waals surface area contributed by atoms with Crippen LogP contribution in [0.1, 0.15) is 17.5 Å². The van der Waals surface area contributed by atoms with Crippen molar-refractivity contribution >= 4 is 0 Å². The van der Waals surface area contributed by atoms with Gasteiger partial charge in [0.05, 0.1) is 41.0 Å². The third kappa shape index (κ3) is 6.12. The lowest BCUT2D eigenvalue weighted by molar-refractivity contribution is -0.904. The first-order valence-corrected chi connectivity index (χ1v) is 10.6. The number of benzene rings is 2. The fourth-order valence-corrected chi connectivity index (χ4v) is 4.10. The maximum absolute atomic E-state index is 5.48. The topological polar surface area (TPSA) is 35.4 Å². The Morgan fingerprint density at radius 2 is 1.48 bits per heavy atom. The highest BCUT2D eigenvalue weighted by Crippen LogP contribution is 2.38. The Morgan fingerprint density at radius 3 is 2.07 bits per heavy atom. The lowest BCUT2D eigenvalue weighted by Crippen LogP contribution is -3.15. The van der Waals surface area contributed by atoms with Crippen LogP contribution in [0.5, 0.6) is 17.2 Å². The first-order chi connectivity index (χ1) is 14.2. The standard InChI is InChI=1S/C24H34N2O3/c1-27-22-18-21(19-23(28-2)24(22)29-3)11-13-26-16-14-25(15-17-26)12-7-10-20-8-5-4-6-9-20/h4-6,8-9,18-19H,7,10-17H2,1-3H3/p+1. The fourth-order valence-electron chi connectivity index (χ4n) is 4.10. The first kappa shape index (κ1) is 21.5. The van der Waals surface area contributed by atoms with Crippen molar-refractivity contribution < 1.29 is 19.1 Å². The molecule has 0 radical (unpaired) electrons. The molecule has 0 aliphatic carbocycles. The molecule has 0 spiro atoms. The molecule has 0 amide bonds. The summed E-state index contributed by atoms with van der Waals surface area (Å²) in [6, 6.07) is 14.9. The van der Waals surface area contributed by atoms with E-state index in [0.29, 0.717) is 5.75 Å². The number of piperazine rings is 1. The number of hydrogen-bond acceptors (Lipinski definition) is 4. The minimum atomic E-state index is 0.662. The zero-order valence-electron chi connectivity index (χ0n) is 18.1. The number of methoxy groups -OCH3 is 3. The van der Waals surface area contributed by atoms with E-state index >= 15 is 0 Å². The Morgan fingerprint density at radius 1 is 0.828 bits per heavy atom. The average molecular weight is 400 g/mol. The monoisotopic (exact) mass is 399 g/mol. The van der Waals surface area contributed by atoms with Crippen molar-refractivity contribution in [2.45, 2.75) is 19.3 Å². The second-order valence-electron chi connectivity index (χ2n) is 7.71. The predicted molar refractivity (Wildman–Crippen MR) is 117 cm³/mol. The zero-order valence-corrected chi connectivity index (χ0v) is 18.1. The lowest BCUT2D eigenvalue weighted by Gasteiger charge is -2.32. The summed E-state index contributed by atoms with van der Waals surface area (Å²) in [4.78, 5) is 4.30. The summed E-state index contributed by atoms with van der Waals surface area (Å²) in [6.45, 7) is 7.16. The molecule has 0 atom stereocenters. The number of ether oxygens (including phenoxy) is 3. The van der Waals surface area contributed by atoms with E-state index in [2.05, 4.69) is 47.4 Å². The maximum Gasteiger partial charge on any atom is 0.203 e. The van der Waals surface area contributed by atoms with Gasteiger partial charge in [-0.05, 0) is 42.6 Å². The summed E-state index contributed by atoms with van der Waals surface area (Å²) in [5, 5.41) is 0. The van der Waals surface area contributed by atoms with Crippen molar-refractivity contribution in [3.8, 4) is 17.2 Å². The second kappa shape index (κ2) is 11.1. The highest BCUT2D eigenvalue weighted by atomic mass is 16.5. The smallest absolute Gasteiger partial charge is 0.203 e. The van der Waals surface area contributed by atoms with Gasteiger partial charge in [0.1, 0.15) is 0 Å². The van der Waals surface area contributed by atoms with Gasteiger partial charge in [-0.1, -0.05) is 30.3 Å². The van der Waals surface area contributed by atoms with Crippen LogP contribution in [-0.4, -0.2) is 65.5 Å². The highest BCUT2D eigenvalue weighted by molar-refractivity contribution is 5.53. The van der Waals surface area contributed by atoms with Crippen molar-refractivity contribution in [2.75, 3.05) is 60.6 Å². The zero-order chi connectivity index (χ0) is 20.5. The van der Waals surface area contributed by atoms with Gasteiger partial charge in [0.2, 0.25) is 5.75 Å². The molecular formula is C24H35N2O3+. The highest BCUT2D eigenvalue weighted by Gasteiger charge is 2.20. The average Bonchev–Trinajstić information content (AvgIpc) is 2.78. The number of hydrogen-bond donors (Lipinski definition) is 1. The van der Waals surface area contributed by atoms with E-state index in [1.807, 2.05) is 0 Å². The maximum atomic E-state index is 5.48. The normalized spacial score (nSPS) is 15.3. The molecule has 0 bridgehead atoms. The molecule has 29 heavy (non-hydrogen) atoms. The van der Waals surface area contributed by atoms with Crippen LogP contribution >= 0.6 is 0 Å². The van der Waals surface area contributed by atoms with E-state index in [9.17, 15) is 0 Å². The van der Waals surface area contributed by atoms with Crippen LogP contribution in [0.4, 0.5) is 0 Å². The number of aryl methyl sites for hydroxylation is 1. The Labute approximate surface area is 175 Å². The summed E-state index contributed by atoms with van der Waals surface area (Å²) in [5.41, 5.74) is 2.68. The molecular weight excluding hydrogens is 364 g/mol. The second-order valence-corrected chi connectivity index (χ2v) is 7.71. The molecule has 2 aromatic carbocycles. The minimum Gasteiger partial charge on any atom is -0.493 e. The molecule has 0 unspecified atom stereocenters. The third-order valence-corrected chi connectivity index (χ3v) is 5.84. The Bertz CT molecular complexity index is 718. The van der Waals surface area contributed by atoms with Gasteiger partial charge in [-0.25, -0.2) is 0 Å². The molecule has 1 saturated heterocycles. The molecule has 3 rings (SSSR count). The molecule has 1 N–H and O–H groups in total. The molecule has 1 aliphatic heterocycles. The predicted octanol–water partition coefficient (Wildman–Crippen LogP) is 2.09. The molecule has 0 saturated carbocycles. The van der Waals surface area contributed by atoms with Crippen molar-refractivity contribution in [1.82, 2.24) is 4.90 Å². The van der Waals surface area contributed by atoms with Crippen molar-refractivity contribution in [3.05, 3.63) is 53.6 Å². The van der Waals surface area contributed by atoms with E-state index in [1.165, 1.54) is 56.7 Å². The van der Waals surface area contributed by atoms with Gasteiger partial charge in [0.25, 0.3) is 0 Å². The summed E-state index contributed by atoms with van der Waals surface area (Å²) in [7, 11) is 4.98. The molecule has 5 nitrogen and oxygen atoms in total. The largest absolute Gasteiger partial charge is 0.493 e. The molecule has 0 aromatic heterocycles.